The van der Waals surface area contributed by atoms with Gasteiger partial charge < -0.3 is 9.64 Å². The van der Waals surface area contributed by atoms with E-state index >= 15 is 0 Å². The molecule has 0 radical (unpaired) electrons. The Morgan fingerprint density at radius 3 is 2.67 bits per heavy atom. The number of ether oxygens (including phenoxy) is 1. The summed E-state index contributed by atoms with van der Waals surface area (Å²) in [4.78, 5) is 1.34. The second-order valence-corrected chi connectivity index (χ2v) is 9.88. The minimum absolute atomic E-state index is 0.0212. The smallest absolute Gasteiger partial charge is 0.152 e. The number of nitrogens with zero attached hydrogens (tertiary/aromatic N) is 2. The first-order chi connectivity index (χ1) is 12.8. The Balaban J connectivity index is 1.59. The van der Waals surface area contributed by atoms with E-state index in [1.807, 2.05) is 29.8 Å². The molecule has 1 aliphatic rings. The van der Waals surface area contributed by atoms with Crippen molar-refractivity contribution in [1.82, 2.24) is 9.78 Å². The summed E-state index contributed by atoms with van der Waals surface area (Å²) in [7, 11) is -0.761. The van der Waals surface area contributed by atoms with Crippen molar-refractivity contribution in [2.75, 3.05) is 31.7 Å². The molecule has 2 aromatic rings. The lowest BCUT2D eigenvalue weighted by atomic mass is 10.1. The van der Waals surface area contributed by atoms with Gasteiger partial charge in [-0.25, -0.2) is 8.42 Å². The van der Waals surface area contributed by atoms with Crippen LogP contribution in [0.25, 0.3) is 0 Å². The normalized spacial score (nSPS) is 19.9. The molecule has 1 aromatic carbocycles. The lowest BCUT2D eigenvalue weighted by Crippen LogP contribution is -3.08. The molecule has 2 atom stereocenters. The molecule has 27 heavy (non-hydrogen) atoms. The minimum Gasteiger partial charge on any atom is -0.487 e. The van der Waals surface area contributed by atoms with Crippen LogP contribution < -0.4 is 9.64 Å². The van der Waals surface area contributed by atoms with E-state index < -0.39 is 9.84 Å². The van der Waals surface area contributed by atoms with Crippen molar-refractivity contribution in [3.05, 3.63) is 46.8 Å². The molecule has 0 spiro atoms. The highest BCUT2D eigenvalue weighted by Crippen LogP contribution is 2.26. The minimum atomic E-state index is -2.91. The van der Waals surface area contributed by atoms with Crippen LogP contribution in [-0.2, 0) is 16.4 Å². The van der Waals surface area contributed by atoms with E-state index in [9.17, 15) is 8.42 Å². The maximum absolute atomic E-state index is 11.8. The fourth-order valence-electron chi connectivity index (χ4n) is 3.72. The third-order valence-corrected chi connectivity index (χ3v) is 7.14. The maximum Gasteiger partial charge on any atom is 0.152 e. The van der Waals surface area contributed by atoms with Gasteiger partial charge in [0.15, 0.2) is 9.84 Å². The van der Waals surface area contributed by atoms with Crippen molar-refractivity contribution in [1.29, 1.82) is 0 Å². The van der Waals surface area contributed by atoms with Gasteiger partial charge in [-0.1, -0.05) is 18.2 Å². The Morgan fingerprint density at radius 1 is 1.26 bits per heavy atom. The van der Waals surface area contributed by atoms with Gasteiger partial charge in [0.1, 0.15) is 25.4 Å². The molecule has 1 fully saturated rings. The van der Waals surface area contributed by atoms with Crippen LogP contribution in [0, 0.1) is 20.8 Å². The number of aromatic nitrogens is 2. The molecule has 1 aromatic heterocycles. The molecule has 2 heterocycles. The Labute approximate surface area is 162 Å². The van der Waals surface area contributed by atoms with Crippen molar-refractivity contribution >= 4 is 9.84 Å². The summed E-state index contributed by atoms with van der Waals surface area (Å²) in [6, 6.07) is 8.03. The third kappa shape index (κ3) is 4.71. The molecule has 0 saturated carbocycles. The largest absolute Gasteiger partial charge is 0.487 e. The van der Waals surface area contributed by atoms with E-state index in [1.54, 1.807) is 0 Å². The van der Waals surface area contributed by atoms with E-state index in [0.717, 1.165) is 35.8 Å². The number of aryl methyl sites for hydroxylation is 2. The first-order valence-corrected chi connectivity index (χ1v) is 11.3. The molecule has 0 aliphatic carbocycles. The molecule has 7 heteroatoms. The Hall–Kier alpha value is -1.86. The first kappa shape index (κ1) is 19.9. The molecular weight excluding hydrogens is 362 g/mol. The Bertz CT molecular complexity index is 905. The zero-order valence-electron chi connectivity index (χ0n) is 16.7. The summed E-state index contributed by atoms with van der Waals surface area (Å²) in [5, 5.41) is 4.66. The number of rotatable bonds is 7. The standard InChI is InChI=1S/C20H29N3O3S/c1-15-7-5-6-8-20(15)26-11-10-22(4)13-19-16(2)21-23(17(19)3)18-9-12-27(24,25)14-18/h5-8,18H,9-14H2,1-4H3/p+1/t18-/m1/s1. The fraction of sp³-hybridized carbons (Fsp3) is 0.550. The van der Waals surface area contributed by atoms with Crippen LogP contribution in [0.2, 0.25) is 0 Å². The molecule has 3 rings (SSSR count). The van der Waals surface area contributed by atoms with Gasteiger partial charge >= 0.3 is 0 Å². The number of nitrogens with one attached hydrogen (secondary N) is 1. The molecule has 6 nitrogen and oxygen atoms in total. The highest BCUT2D eigenvalue weighted by molar-refractivity contribution is 7.91. The molecule has 0 bridgehead atoms. The van der Waals surface area contributed by atoms with E-state index in [-0.39, 0.29) is 17.5 Å². The maximum atomic E-state index is 11.8. The Morgan fingerprint density at radius 2 is 2.00 bits per heavy atom. The molecule has 0 amide bonds. The third-order valence-electron chi connectivity index (χ3n) is 5.39. The van der Waals surface area contributed by atoms with Gasteiger partial charge in [0.25, 0.3) is 0 Å². The SMILES string of the molecule is Cc1ccccc1OCC[NH+](C)Cc1c(C)nn([C@@H]2CCS(=O)(=O)C2)c1C. The first-order valence-electron chi connectivity index (χ1n) is 9.51. The number of sulfone groups is 1. The van der Waals surface area contributed by atoms with Gasteiger partial charge in [-0.05, 0) is 38.8 Å². The average molecular weight is 393 g/mol. The van der Waals surface area contributed by atoms with Crippen LogP contribution in [0.15, 0.2) is 24.3 Å². The van der Waals surface area contributed by atoms with Crippen LogP contribution in [0.5, 0.6) is 5.75 Å². The summed E-state index contributed by atoms with van der Waals surface area (Å²) < 4.78 is 31.4. The predicted molar refractivity (Wildman–Crippen MR) is 106 cm³/mol. The van der Waals surface area contributed by atoms with Gasteiger partial charge in [-0.3, -0.25) is 4.68 Å². The lowest BCUT2D eigenvalue weighted by Gasteiger charge is -2.16. The summed E-state index contributed by atoms with van der Waals surface area (Å²) in [6.45, 7) is 8.52. The number of hydrogen-bond acceptors (Lipinski definition) is 4. The van der Waals surface area contributed by atoms with Gasteiger partial charge in [0.05, 0.1) is 35.9 Å². The number of hydrogen-bond donors (Lipinski definition) is 1. The summed E-state index contributed by atoms with van der Waals surface area (Å²) >= 11 is 0. The average Bonchev–Trinajstić information content (AvgIpc) is 3.10. The summed E-state index contributed by atoms with van der Waals surface area (Å²) in [5.41, 5.74) is 4.45. The summed E-state index contributed by atoms with van der Waals surface area (Å²) in [5.74, 6) is 1.42. The number of quaternary nitrogens is 1. The Kier molecular flexibility index (Phi) is 5.91. The van der Waals surface area contributed by atoms with Crippen LogP contribution >= 0.6 is 0 Å². The monoisotopic (exact) mass is 392 g/mol. The zero-order valence-corrected chi connectivity index (χ0v) is 17.5. The number of benzene rings is 1. The van der Waals surface area contributed by atoms with Crippen LogP contribution in [0.4, 0.5) is 0 Å². The molecule has 1 saturated heterocycles. The molecular formula is C20H30N3O3S+. The van der Waals surface area contributed by atoms with E-state index in [4.69, 9.17) is 4.74 Å². The van der Waals surface area contributed by atoms with Gasteiger partial charge in [-0.2, -0.15) is 5.10 Å². The van der Waals surface area contributed by atoms with Crippen molar-refractivity contribution in [3.8, 4) is 5.75 Å². The number of para-hydroxylation sites is 1. The zero-order chi connectivity index (χ0) is 19.6. The van der Waals surface area contributed by atoms with Gasteiger partial charge in [0.2, 0.25) is 0 Å². The van der Waals surface area contributed by atoms with Crippen molar-refractivity contribution < 1.29 is 18.1 Å². The number of likely N-dealkylation sites (N-methyl/N-ethyl adjacent to an activating group) is 1. The van der Waals surface area contributed by atoms with E-state index in [2.05, 4.69) is 32.1 Å². The highest BCUT2D eigenvalue weighted by Gasteiger charge is 2.31. The molecule has 148 valence electrons. The predicted octanol–water partition coefficient (Wildman–Crippen LogP) is 1.26. The quantitative estimate of drug-likeness (QED) is 0.771. The van der Waals surface area contributed by atoms with Crippen LogP contribution in [0.1, 0.15) is 35.0 Å². The summed E-state index contributed by atoms with van der Waals surface area (Å²) in [6.07, 6.45) is 0.663. The molecule has 1 aliphatic heterocycles. The second kappa shape index (κ2) is 8.02. The molecule has 1 N–H and O–H groups in total. The van der Waals surface area contributed by atoms with Crippen molar-refractivity contribution in [2.24, 2.45) is 0 Å². The molecule has 1 unspecified atom stereocenters. The van der Waals surface area contributed by atoms with Gasteiger partial charge in [0, 0.05) is 5.69 Å². The van der Waals surface area contributed by atoms with Crippen molar-refractivity contribution in [3.63, 3.8) is 0 Å². The van der Waals surface area contributed by atoms with Gasteiger partial charge in [-0.15, -0.1) is 0 Å². The van der Waals surface area contributed by atoms with Crippen molar-refractivity contribution in [2.45, 2.75) is 39.8 Å². The van der Waals surface area contributed by atoms with Crippen LogP contribution in [-0.4, -0.2) is 49.9 Å². The van der Waals surface area contributed by atoms with E-state index in [1.165, 1.54) is 10.5 Å². The second-order valence-electron chi connectivity index (χ2n) is 7.65. The highest BCUT2D eigenvalue weighted by atomic mass is 32.2. The van der Waals surface area contributed by atoms with Crippen LogP contribution in [0.3, 0.4) is 0 Å². The van der Waals surface area contributed by atoms with E-state index in [0.29, 0.717) is 13.0 Å². The topological polar surface area (TPSA) is 65.6 Å². The fourth-order valence-corrected chi connectivity index (χ4v) is 5.41. The lowest BCUT2D eigenvalue weighted by molar-refractivity contribution is -0.893.